The third kappa shape index (κ3) is 3.59. The van der Waals surface area contributed by atoms with Crippen molar-refractivity contribution < 1.29 is 9.47 Å². The number of ether oxygens (including phenoxy) is 2. The van der Waals surface area contributed by atoms with Gasteiger partial charge in [0.25, 0.3) is 5.78 Å². The van der Waals surface area contributed by atoms with Crippen LogP contribution in [0.25, 0.3) is 39.5 Å². The minimum absolute atomic E-state index is 0.543. The molecule has 0 atom stereocenters. The van der Waals surface area contributed by atoms with E-state index in [9.17, 15) is 0 Å². The number of methoxy groups -OCH3 is 2. The van der Waals surface area contributed by atoms with Crippen LogP contribution in [0.2, 0.25) is 0 Å². The molecule has 0 aliphatic heterocycles. The Morgan fingerprint density at radius 2 is 1.19 bits per heavy atom. The van der Waals surface area contributed by atoms with Crippen molar-refractivity contribution in [3.8, 4) is 45.3 Å². The molecule has 2 heterocycles. The average Bonchev–Trinajstić information content (AvgIpc) is 3.27. The first-order chi connectivity index (χ1) is 15.2. The van der Waals surface area contributed by atoms with Crippen molar-refractivity contribution >= 4 is 5.78 Å². The highest BCUT2D eigenvalue weighted by atomic mass is 16.5. The number of hydrogen-bond acceptors (Lipinski definition) is 5. The van der Waals surface area contributed by atoms with Crippen LogP contribution in [-0.2, 0) is 0 Å². The number of rotatable bonds is 5. The number of fused-ring (bicyclic) bond motifs is 1. The van der Waals surface area contributed by atoms with Gasteiger partial charge in [0, 0.05) is 16.7 Å². The van der Waals surface area contributed by atoms with Crippen molar-refractivity contribution in [1.82, 2.24) is 19.6 Å². The van der Waals surface area contributed by atoms with Gasteiger partial charge in [-0.25, -0.2) is 14.5 Å². The monoisotopic (exact) mass is 408 g/mol. The van der Waals surface area contributed by atoms with Gasteiger partial charge in [-0.3, -0.25) is 0 Å². The Kier molecular flexibility index (Phi) is 4.80. The van der Waals surface area contributed by atoms with Crippen molar-refractivity contribution in [3.63, 3.8) is 0 Å². The Labute approximate surface area is 179 Å². The molecule has 5 aromatic rings. The van der Waals surface area contributed by atoms with Crippen LogP contribution < -0.4 is 9.47 Å². The normalized spacial score (nSPS) is 10.9. The molecule has 0 radical (unpaired) electrons. The van der Waals surface area contributed by atoms with E-state index in [1.165, 1.54) is 0 Å². The predicted molar refractivity (Wildman–Crippen MR) is 120 cm³/mol. The maximum absolute atomic E-state index is 5.30. The highest BCUT2D eigenvalue weighted by Crippen LogP contribution is 2.31. The summed E-state index contributed by atoms with van der Waals surface area (Å²) in [7, 11) is 3.31. The van der Waals surface area contributed by atoms with Crippen LogP contribution >= 0.6 is 0 Å². The molecule has 0 unspecified atom stereocenters. The topological polar surface area (TPSA) is 61.5 Å². The van der Waals surface area contributed by atoms with E-state index in [1.807, 2.05) is 85.1 Å². The fourth-order valence-corrected chi connectivity index (χ4v) is 3.46. The van der Waals surface area contributed by atoms with E-state index in [0.29, 0.717) is 5.78 Å². The third-order valence-electron chi connectivity index (χ3n) is 5.11. The highest BCUT2D eigenvalue weighted by Gasteiger charge is 2.16. The van der Waals surface area contributed by atoms with Crippen molar-refractivity contribution in [3.05, 3.63) is 85.1 Å². The Morgan fingerprint density at radius 3 is 1.77 bits per heavy atom. The van der Waals surface area contributed by atoms with E-state index < -0.39 is 0 Å². The number of hydrogen-bond donors (Lipinski definition) is 0. The predicted octanol–water partition coefficient (Wildman–Crippen LogP) is 5.14. The fourth-order valence-electron chi connectivity index (χ4n) is 3.46. The summed E-state index contributed by atoms with van der Waals surface area (Å²) in [4.78, 5) is 9.59. The van der Waals surface area contributed by atoms with Gasteiger partial charge in [-0.15, -0.1) is 0 Å². The van der Waals surface area contributed by atoms with Gasteiger partial charge in [-0.2, -0.15) is 5.10 Å². The maximum Gasteiger partial charge on any atom is 0.251 e. The van der Waals surface area contributed by atoms with E-state index in [4.69, 9.17) is 24.5 Å². The summed E-state index contributed by atoms with van der Waals surface area (Å²) in [5.41, 5.74) is 5.24. The van der Waals surface area contributed by atoms with Crippen molar-refractivity contribution in [1.29, 1.82) is 0 Å². The summed E-state index contributed by atoms with van der Waals surface area (Å²) in [6.07, 6.45) is 1.91. The van der Waals surface area contributed by atoms with Crippen LogP contribution in [0.4, 0.5) is 0 Å². The Hall–Kier alpha value is -4.19. The summed E-state index contributed by atoms with van der Waals surface area (Å²) < 4.78 is 12.3. The zero-order valence-corrected chi connectivity index (χ0v) is 17.2. The first-order valence-electron chi connectivity index (χ1n) is 9.87. The molecular weight excluding hydrogens is 388 g/mol. The molecule has 0 saturated carbocycles. The molecule has 3 aromatic carbocycles. The molecule has 0 amide bonds. The zero-order chi connectivity index (χ0) is 21.2. The molecule has 6 nitrogen and oxygen atoms in total. The zero-order valence-electron chi connectivity index (χ0n) is 17.2. The highest BCUT2D eigenvalue weighted by molar-refractivity contribution is 5.79. The Morgan fingerprint density at radius 1 is 0.613 bits per heavy atom. The number of imidazole rings is 1. The molecule has 152 valence electrons. The molecule has 0 bridgehead atoms. The Balaban J connectivity index is 1.70. The van der Waals surface area contributed by atoms with Crippen LogP contribution in [-0.4, -0.2) is 33.8 Å². The van der Waals surface area contributed by atoms with Gasteiger partial charge < -0.3 is 9.47 Å². The molecule has 0 N–H and O–H groups in total. The van der Waals surface area contributed by atoms with E-state index in [1.54, 1.807) is 18.7 Å². The standard InChI is InChI=1S/C25H20N4O2/c1-30-20-12-8-18(9-13-20)23-24(19-10-14-21(31-2)15-11-19)28-29-16-22(26-25(29)27-23)17-6-4-3-5-7-17/h3-16H,1-2H3. The van der Waals surface area contributed by atoms with E-state index in [0.717, 1.165) is 45.3 Å². The molecule has 0 fully saturated rings. The second kappa shape index (κ2) is 7.91. The van der Waals surface area contributed by atoms with Gasteiger partial charge in [-0.05, 0) is 48.5 Å². The molecule has 6 heteroatoms. The summed E-state index contributed by atoms with van der Waals surface area (Å²) in [6, 6.07) is 25.6. The largest absolute Gasteiger partial charge is 0.497 e. The van der Waals surface area contributed by atoms with E-state index in [2.05, 4.69) is 0 Å². The first-order valence-corrected chi connectivity index (χ1v) is 9.87. The lowest BCUT2D eigenvalue weighted by molar-refractivity contribution is 0.414. The Bertz CT molecular complexity index is 1240. The number of nitrogens with zero attached hydrogens (tertiary/aromatic N) is 4. The van der Waals surface area contributed by atoms with Crippen molar-refractivity contribution in [2.75, 3.05) is 14.2 Å². The second-order valence-corrected chi connectivity index (χ2v) is 7.00. The molecule has 0 aliphatic rings. The van der Waals surface area contributed by atoms with E-state index in [-0.39, 0.29) is 0 Å². The lowest BCUT2D eigenvalue weighted by Crippen LogP contribution is -2.01. The summed E-state index contributed by atoms with van der Waals surface area (Å²) in [5, 5.41) is 4.89. The summed E-state index contributed by atoms with van der Waals surface area (Å²) >= 11 is 0. The molecule has 0 spiro atoms. The van der Waals surface area contributed by atoms with Gasteiger partial charge in [0.05, 0.1) is 26.1 Å². The van der Waals surface area contributed by atoms with Crippen LogP contribution in [0.5, 0.6) is 11.5 Å². The summed E-state index contributed by atoms with van der Waals surface area (Å²) in [6.45, 7) is 0. The van der Waals surface area contributed by atoms with Gasteiger partial charge in [0.2, 0.25) is 0 Å². The van der Waals surface area contributed by atoms with E-state index >= 15 is 0 Å². The molecule has 0 saturated heterocycles. The summed E-state index contributed by atoms with van der Waals surface area (Å²) in [5.74, 6) is 2.12. The average molecular weight is 408 g/mol. The van der Waals surface area contributed by atoms with Crippen molar-refractivity contribution in [2.24, 2.45) is 0 Å². The van der Waals surface area contributed by atoms with Crippen LogP contribution in [0.3, 0.4) is 0 Å². The number of benzene rings is 3. The van der Waals surface area contributed by atoms with Gasteiger partial charge in [0.1, 0.15) is 22.9 Å². The minimum Gasteiger partial charge on any atom is -0.497 e. The third-order valence-corrected chi connectivity index (χ3v) is 5.11. The lowest BCUT2D eigenvalue weighted by Gasteiger charge is -2.10. The molecule has 5 rings (SSSR count). The minimum atomic E-state index is 0.543. The molecule has 31 heavy (non-hydrogen) atoms. The molecular formula is C25H20N4O2. The van der Waals surface area contributed by atoms with Gasteiger partial charge in [-0.1, -0.05) is 30.3 Å². The number of aromatic nitrogens is 4. The second-order valence-electron chi connectivity index (χ2n) is 7.00. The van der Waals surface area contributed by atoms with Crippen LogP contribution in [0.15, 0.2) is 85.1 Å². The SMILES string of the molecule is COc1ccc(-c2nc3nc(-c4ccccc4)cn3nc2-c2ccc(OC)cc2)cc1. The quantitative estimate of drug-likeness (QED) is 0.403. The fraction of sp³-hybridized carbons (Fsp3) is 0.0800. The maximum atomic E-state index is 5.30. The smallest absolute Gasteiger partial charge is 0.251 e. The lowest BCUT2D eigenvalue weighted by atomic mass is 10.0. The van der Waals surface area contributed by atoms with Crippen LogP contribution in [0.1, 0.15) is 0 Å². The van der Waals surface area contributed by atoms with Crippen molar-refractivity contribution in [2.45, 2.75) is 0 Å². The first kappa shape index (κ1) is 18.8. The van der Waals surface area contributed by atoms with Gasteiger partial charge in [0.15, 0.2) is 0 Å². The van der Waals surface area contributed by atoms with Crippen LogP contribution in [0, 0.1) is 0 Å². The molecule has 0 aliphatic carbocycles. The molecule has 2 aromatic heterocycles. The van der Waals surface area contributed by atoms with Gasteiger partial charge >= 0.3 is 0 Å².